The summed E-state index contributed by atoms with van der Waals surface area (Å²) in [7, 11) is 1.66. The SMILES string of the molecule is COCCN(Cc1ccsc1)C(=O)c1cc(C)ccc1C. The maximum Gasteiger partial charge on any atom is 0.254 e. The highest BCUT2D eigenvalue weighted by atomic mass is 32.1. The number of amides is 1. The fourth-order valence-electron chi connectivity index (χ4n) is 2.19. The Morgan fingerprint density at radius 2 is 2.10 bits per heavy atom. The van der Waals surface area contributed by atoms with Gasteiger partial charge in [0, 0.05) is 25.8 Å². The van der Waals surface area contributed by atoms with Gasteiger partial charge in [-0.3, -0.25) is 4.79 Å². The van der Waals surface area contributed by atoms with Crippen molar-refractivity contribution in [3.05, 3.63) is 57.3 Å². The molecule has 0 N–H and O–H groups in total. The topological polar surface area (TPSA) is 29.5 Å². The van der Waals surface area contributed by atoms with Crippen molar-refractivity contribution in [2.75, 3.05) is 20.3 Å². The first-order chi connectivity index (χ1) is 10.1. The molecule has 0 radical (unpaired) electrons. The highest BCUT2D eigenvalue weighted by Gasteiger charge is 2.18. The zero-order valence-electron chi connectivity index (χ0n) is 12.8. The summed E-state index contributed by atoms with van der Waals surface area (Å²) in [6.45, 7) is 5.75. The van der Waals surface area contributed by atoms with E-state index in [1.165, 1.54) is 0 Å². The summed E-state index contributed by atoms with van der Waals surface area (Å²) in [6.07, 6.45) is 0. The fraction of sp³-hybridized carbons (Fsp3) is 0.353. The highest BCUT2D eigenvalue weighted by Crippen LogP contribution is 2.16. The molecule has 0 unspecified atom stereocenters. The molecule has 3 nitrogen and oxygen atoms in total. The first-order valence-electron chi connectivity index (χ1n) is 6.98. The fourth-order valence-corrected chi connectivity index (χ4v) is 2.85. The second kappa shape index (κ2) is 7.38. The van der Waals surface area contributed by atoms with Gasteiger partial charge in [-0.15, -0.1) is 0 Å². The van der Waals surface area contributed by atoms with E-state index in [9.17, 15) is 4.79 Å². The lowest BCUT2D eigenvalue weighted by Crippen LogP contribution is -2.33. The molecule has 0 saturated heterocycles. The van der Waals surface area contributed by atoms with E-state index in [0.29, 0.717) is 19.7 Å². The molecule has 4 heteroatoms. The van der Waals surface area contributed by atoms with Crippen LogP contribution in [-0.4, -0.2) is 31.1 Å². The summed E-state index contributed by atoms with van der Waals surface area (Å²) in [5.41, 5.74) is 4.06. The number of rotatable bonds is 6. The molecule has 0 atom stereocenters. The van der Waals surface area contributed by atoms with Crippen molar-refractivity contribution < 1.29 is 9.53 Å². The van der Waals surface area contributed by atoms with Crippen LogP contribution in [0, 0.1) is 13.8 Å². The van der Waals surface area contributed by atoms with Crippen LogP contribution in [0.15, 0.2) is 35.0 Å². The Morgan fingerprint density at radius 1 is 1.29 bits per heavy atom. The standard InChI is InChI=1S/C17H21NO2S/c1-13-4-5-14(2)16(10-13)17(19)18(7-8-20-3)11-15-6-9-21-12-15/h4-6,9-10,12H,7-8,11H2,1-3H3. The maximum absolute atomic E-state index is 12.8. The summed E-state index contributed by atoms with van der Waals surface area (Å²) < 4.78 is 5.14. The van der Waals surface area contributed by atoms with Gasteiger partial charge in [0.1, 0.15) is 0 Å². The van der Waals surface area contributed by atoms with Crippen molar-refractivity contribution >= 4 is 17.2 Å². The summed E-state index contributed by atoms with van der Waals surface area (Å²) in [6, 6.07) is 8.05. The monoisotopic (exact) mass is 303 g/mol. The number of nitrogens with zero attached hydrogens (tertiary/aromatic N) is 1. The molecule has 1 amide bonds. The summed E-state index contributed by atoms with van der Waals surface area (Å²) in [5.74, 6) is 0.0689. The second-order valence-electron chi connectivity index (χ2n) is 5.17. The largest absolute Gasteiger partial charge is 0.383 e. The first kappa shape index (κ1) is 15.7. The van der Waals surface area contributed by atoms with E-state index in [0.717, 1.165) is 22.3 Å². The van der Waals surface area contributed by atoms with E-state index in [1.807, 2.05) is 42.3 Å². The average molecular weight is 303 g/mol. The molecule has 2 rings (SSSR count). The van der Waals surface area contributed by atoms with Crippen LogP contribution >= 0.6 is 11.3 Å². The molecule has 0 aliphatic heterocycles. The lowest BCUT2D eigenvalue weighted by Gasteiger charge is -2.23. The summed E-state index contributed by atoms with van der Waals surface area (Å²) in [4.78, 5) is 14.7. The molecule has 1 heterocycles. The quantitative estimate of drug-likeness (QED) is 0.815. The van der Waals surface area contributed by atoms with Crippen molar-refractivity contribution in [2.24, 2.45) is 0 Å². The Balaban J connectivity index is 2.22. The van der Waals surface area contributed by atoms with E-state index in [2.05, 4.69) is 11.4 Å². The van der Waals surface area contributed by atoms with Crippen LogP contribution in [0.2, 0.25) is 0 Å². The third-order valence-electron chi connectivity index (χ3n) is 3.43. The van der Waals surface area contributed by atoms with Crippen LogP contribution in [0.25, 0.3) is 0 Å². The number of ether oxygens (including phenoxy) is 1. The Morgan fingerprint density at radius 3 is 2.76 bits per heavy atom. The lowest BCUT2D eigenvalue weighted by atomic mass is 10.0. The van der Waals surface area contributed by atoms with E-state index < -0.39 is 0 Å². The number of carbonyl (C=O) groups excluding carboxylic acids is 1. The number of thiophene rings is 1. The van der Waals surface area contributed by atoms with Gasteiger partial charge in [-0.25, -0.2) is 0 Å². The molecule has 1 aromatic heterocycles. The molecule has 0 bridgehead atoms. The number of hydrogen-bond acceptors (Lipinski definition) is 3. The third kappa shape index (κ3) is 4.16. The van der Waals surface area contributed by atoms with Gasteiger partial charge in [-0.1, -0.05) is 17.7 Å². The molecule has 2 aromatic rings. The molecule has 0 aliphatic rings. The van der Waals surface area contributed by atoms with E-state index in [1.54, 1.807) is 18.4 Å². The van der Waals surface area contributed by atoms with Crippen LogP contribution in [0.3, 0.4) is 0 Å². The van der Waals surface area contributed by atoms with E-state index in [-0.39, 0.29) is 5.91 Å². The normalized spacial score (nSPS) is 10.6. The molecule has 0 aliphatic carbocycles. The molecule has 21 heavy (non-hydrogen) atoms. The van der Waals surface area contributed by atoms with Crippen LogP contribution in [0.1, 0.15) is 27.0 Å². The van der Waals surface area contributed by atoms with Gasteiger partial charge in [-0.2, -0.15) is 11.3 Å². The first-order valence-corrected chi connectivity index (χ1v) is 7.92. The summed E-state index contributed by atoms with van der Waals surface area (Å²) in [5, 5.41) is 4.11. The zero-order chi connectivity index (χ0) is 15.2. The number of aryl methyl sites for hydroxylation is 2. The molecule has 0 saturated carbocycles. The van der Waals surface area contributed by atoms with Gasteiger partial charge in [0.05, 0.1) is 6.61 Å². The van der Waals surface area contributed by atoms with Crippen LogP contribution < -0.4 is 0 Å². The zero-order valence-corrected chi connectivity index (χ0v) is 13.6. The van der Waals surface area contributed by atoms with Crippen molar-refractivity contribution in [3.8, 4) is 0 Å². The minimum Gasteiger partial charge on any atom is -0.383 e. The van der Waals surface area contributed by atoms with Crippen LogP contribution in [0.4, 0.5) is 0 Å². The predicted octanol–water partition coefficient (Wildman–Crippen LogP) is 3.65. The van der Waals surface area contributed by atoms with E-state index >= 15 is 0 Å². The Hall–Kier alpha value is -1.65. The van der Waals surface area contributed by atoms with Gasteiger partial charge in [0.2, 0.25) is 0 Å². The van der Waals surface area contributed by atoms with Gasteiger partial charge in [0.25, 0.3) is 5.91 Å². The smallest absolute Gasteiger partial charge is 0.254 e. The van der Waals surface area contributed by atoms with Gasteiger partial charge in [0.15, 0.2) is 0 Å². The van der Waals surface area contributed by atoms with Crippen molar-refractivity contribution in [1.82, 2.24) is 4.90 Å². The number of carbonyl (C=O) groups is 1. The minimum absolute atomic E-state index is 0.0689. The molecule has 0 fully saturated rings. The van der Waals surface area contributed by atoms with Crippen molar-refractivity contribution in [2.45, 2.75) is 20.4 Å². The highest BCUT2D eigenvalue weighted by molar-refractivity contribution is 7.07. The third-order valence-corrected chi connectivity index (χ3v) is 4.16. The molecular weight excluding hydrogens is 282 g/mol. The Labute approximate surface area is 130 Å². The number of benzene rings is 1. The molecule has 112 valence electrons. The minimum atomic E-state index is 0.0689. The van der Waals surface area contributed by atoms with Gasteiger partial charge < -0.3 is 9.64 Å². The number of methoxy groups -OCH3 is 1. The van der Waals surface area contributed by atoms with Crippen LogP contribution in [-0.2, 0) is 11.3 Å². The lowest BCUT2D eigenvalue weighted by molar-refractivity contribution is 0.0680. The van der Waals surface area contributed by atoms with Crippen molar-refractivity contribution in [1.29, 1.82) is 0 Å². The molecule has 0 spiro atoms. The van der Waals surface area contributed by atoms with Crippen LogP contribution in [0.5, 0.6) is 0 Å². The van der Waals surface area contributed by atoms with Crippen molar-refractivity contribution in [3.63, 3.8) is 0 Å². The predicted molar refractivity (Wildman–Crippen MR) is 86.9 cm³/mol. The van der Waals surface area contributed by atoms with E-state index in [4.69, 9.17) is 4.74 Å². The summed E-state index contributed by atoms with van der Waals surface area (Å²) >= 11 is 1.65. The van der Waals surface area contributed by atoms with Gasteiger partial charge >= 0.3 is 0 Å². The maximum atomic E-state index is 12.8. The Bertz CT molecular complexity index is 593. The average Bonchev–Trinajstić information content (AvgIpc) is 2.98. The second-order valence-corrected chi connectivity index (χ2v) is 5.95. The molecule has 1 aromatic carbocycles. The van der Waals surface area contributed by atoms with Gasteiger partial charge in [-0.05, 0) is 47.9 Å². The number of hydrogen-bond donors (Lipinski definition) is 0. The molecular formula is C17H21NO2S. The Kier molecular flexibility index (Phi) is 5.53.